The highest BCUT2D eigenvalue weighted by molar-refractivity contribution is 7.18. The van der Waals surface area contributed by atoms with Crippen molar-refractivity contribution in [2.45, 2.75) is 32.6 Å². The minimum absolute atomic E-state index is 0.148. The first kappa shape index (κ1) is 21.0. The van der Waals surface area contributed by atoms with Crippen molar-refractivity contribution in [3.05, 3.63) is 69.7 Å². The number of nitrogens with zero attached hydrogens (tertiary/aromatic N) is 3. The van der Waals surface area contributed by atoms with Crippen LogP contribution in [0.5, 0.6) is 5.75 Å². The van der Waals surface area contributed by atoms with E-state index in [1.54, 1.807) is 18.6 Å². The fourth-order valence-electron chi connectivity index (χ4n) is 3.23. The Labute approximate surface area is 183 Å². The van der Waals surface area contributed by atoms with Crippen LogP contribution in [0.1, 0.15) is 47.8 Å². The molecule has 0 aliphatic heterocycles. The third kappa shape index (κ3) is 4.74. The molecule has 0 spiro atoms. The summed E-state index contributed by atoms with van der Waals surface area (Å²) >= 11 is 1.22. The van der Waals surface area contributed by atoms with Gasteiger partial charge in [-0.3, -0.25) is 19.0 Å². The fourth-order valence-corrected chi connectivity index (χ4v) is 4.12. The van der Waals surface area contributed by atoms with Gasteiger partial charge in [0, 0.05) is 18.9 Å². The molecular weight excluding hydrogens is 412 g/mol. The van der Waals surface area contributed by atoms with Gasteiger partial charge < -0.3 is 10.1 Å². The summed E-state index contributed by atoms with van der Waals surface area (Å²) in [7, 11) is 0. The molecule has 0 aliphatic rings. The summed E-state index contributed by atoms with van der Waals surface area (Å²) in [4.78, 5) is 35.0. The van der Waals surface area contributed by atoms with Crippen molar-refractivity contribution >= 4 is 33.1 Å². The van der Waals surface area contributed by atoms with Crippen molar-refractivity contribution in [1.29, 1.82) is 0 Å². The lowest BCUT2D eigenvalue weighted by atomic mass is 10.0. The number of thiazole rings is 1. The molecular formula is C23H24N4O3S. The van der Waals surface area contributed by atoms with Gasteiger partial charge in [-0.2, -0.15) is 0 Å². The lowest BCUT2D eigenvalue weighted by molar-refractivity contribution is 0.0956. The number of nitrogens with one attached hydrogen (secondary N) is 1. The SMILES string of the molecule is CC(C)c1ccc2nc3sc(C(=O)NCCCCOc4cccnc4)cn3c(=O)c2c1. The molecule has 4 rings (SSSR count). The van der Waals surface area contributed by atoms with Gasteiger partial charge in [-0.25, -0.2) is 4.98 Å². The molecule has 0 atom stereocenters. The predicted octanol–water partition coefficient (Wildman–Crippen LogP) is 4.02. The molecule has 0 radical (unpaired) electrons. The molecule has 0 fully saturated rings. The summed E-state index contributed by atoms with van der Waals surface area (Å²) in [5.41, 5.74) is 1.59. The lowest BCUT2D eigenvalue weighted by Gasteiger charge is -2.06. The summed E-state index contributed by atoms with van der Waals surface area (Å²) in [5, 5.41) is 3.48. The summed E-state index contributed by atoms with van der Waals surface area (Å²) < 4.78 is 7.06. The van der Waals surface area contributed by atoms with Crippen LogP contribution in [-0.4, -0.2) is 33.4 Å². The van der Waals surface area contributed by atoms with Crippen LogP contribution in [0.2, 0.25) is 0 Å². The molecule has 1 aromatic carbocycles. The van der Waals surface area contributed by atoms with E-state index in [4.69, 9.17) is 4.74 Å². The molecule has 3 aromatic heterocycles. The number of rotatable bonds is 8. The summed E-state index contributed by atoms with van der Waals surface area (Å²) in [6.45, 7) is 5.27. The van der Waals surface area contributed by atoms with Gasteiger partial charge in [-0.05, 0) is 48.6 Å². The molecule has 0 saturated carbocycles. The number of ether oxygens (including phenoxy) is 1. The van der Waals surface area contributed by atoms with Crippen molar-refractivity contribution in [3.8, 4) is 5.75 Å². The monoisotopic (exact) mass is 436 g/mol. The quantitative estimate of drug-likeness (QED) is 0.422. The number of hydrogen-bond acceptors (Lipinski definition) is 6. The number of unbranched alkanes of at least 4 members (excludes halogenated alkanes) is 1. The standard InChI is InChI=1S/C23H24N4O3S/c1-15(2)16-7-8-19-18(12-16)22(29)27-14-20(31-23(27)26-19)21(28)25-10-3-4-11-30-17-6-5-9-24-13-17/h5-9,12-15H,3-4,10-11H2,1-2H3,(H,25,28). The first-order valence-electron chi connectivity index (χ1n) is 10.3. The number of carbonyl (C=O) groups excluding carboxylic acids is 1. The molecule has 0 saturated heterocycles. The van der Waals surface area contributed by atoms with E-state index in [9.17, 15) is 9.59 Å². The van der Waals surface area contributed by atoms with Gasteiger partial charge in [-0.1, -0.05) is 31.3 Å². The van der Waals surface area contributed by atoms with Gasteiger partial charge in [0.1, 0.15) is 10.6 Å². The van der Waals surface area contributed by atoms with Crippen molar-refractivity contribution in [1.82, 2.24) is 19.7 Å². The number of pyridine rings is 1. The van der Waals surface area contributed by atoms with E-state index in [1.807, 2.05) is 30.3 Å². The van der Waals surface area contributed by atoms with Crippen LogP contribution in [0, 0.1) is 0 Å². The summed E-state index contributed by atoms with van der Waals surface area (Å²) in [6, 6.07) is 9.45. The normalized spacial score (nSPS) is 11.3. The van der Waals surface area contributed by atoms with Crippen molar-refractivity contribution in [2.24, 2.45) is 0 Å². The molecule has 3 heterocycles. The molecule has 1 amide bonds. The maximum absolute atomic E-state index is 12.9. The van der Waals surface area contributed by atoms with E-state index in [2.05, 4.69) is 29.1 Å². The third-order valence-electron chi connectivity index (χ3n) is 4.99. The molecule has 31 heavy (non-hydrogen) atoms. The highest BCUT2D eigenvalue weighted by atomic mass is 32.1. The van der Waals surface area contributed by atoms with E-state index in [0.717, 1.165) is 24.2 Å². The molecule has 160 valence electrons. The van der Waals surface area contributed by atoms with E-state index < -0.39 is 0 Å². The highest BCUT2D eigenvalue weighted by Crippen LogP contribution is 2.21. The first-order chi connectivity index (χ1) is 15.0. The maximum Gasteiger partial charge on any atom is 0.266 e. The van der Waals surface area contributed by atoms with Crippen molar-refractivity contribution in [2.75, 3.05) is 13.2 Å². The second kappa shape index (κ2) is 9.26. The zero-order valence-corrected chi connectivity index (χ0v) is 18.3. The minimum atomic E-state index is -0.199. The summed E-state index contributed by atoms with van der Waals surface area (Å²) in [6.07, 6.45) is 6.55. The zero-order valence-electron chi connectivity index (χ0n) is 17.5. The number of amides is 1. The first-order valence-corrected chi connectivity index (χ1v) is 11.1. The molecule has 1 N–H and O–H groups in total. The predicted molar refractivity (Wildman–Crippen MR) is 122 cm³/mol. The van der Waals surface area contributed by atoms with E-state index in [0.29, 0.717) is 39.8 Å². The molecule has 0 unspecified atom stereocenters. The molecule has 4 aromatic rings. The largest absolute Gasteiger partial charge is 0.492 e. The average Bonchev–Trinajstić information content (AvgIpc) is 3.21. The van der Waals surface area contributed by atoms with Crippen LogP contribution in [0.4, 0.5) is 0 Å². The van der Waals surface area contributed by atoms with Crippen LogP contribution in [-0.2, 0) is 0 Å². The Balaban J connectivity index is 1.38. The summed E-state index contributed by atoms with van der Waals surface area (Å²) in [5.74, 6) is 0.862. The van der Waals surface area contributed by atoms with Crippen molar-refractivity contribution in [3.63, 3.8) is 0 Å². The van der Waals surface area contributed by atoms with Gasteiger partial charge >= 0.3 is 0 Å². The highest BCUT2D eigenvalue weighted by Gasteiger charge is 2.14. The number of benzene rings is 1. The van der Waals surface area contributed by atoms with Crippen LogP contribution in [0.3, 0.4) is 0 Å². The Morgan fingerprint density at radius 3 is 2.90 bits per heavy atom. The Hall–Kier alpha value is -3.26. The van der Waals surface area contributed by atoms with Crippen LogP contribution < -0.4 is 15.6 Å². The second-order valence-electron chi connectivity index (χ2n) is 7.60. The molecule has 7 nitrogen and oxygen atoms in total. The number of hydrogen-bond donors (Lipinski definition) is 1. The van der Waals surface area contributed by atoms with Crippen LogP contribution in [0.25, 0.3) is 15.9 Å². The Morgan fingerprint density at radius 1 is 1.26 bits per heavy atom. The lowest BCUT2D eigenvalue weighted by Crippen LogP contribution is -2.24. The van der Waals surface area contributed by atoms with Crippen LogP contribution >= 0.6 is 11.3 Å². The number of aromatic nitrogens is 3. The van der Waals surface area contributed by atoms with Gasteiger partial charge in [-0.15, -0.1) is 0 Å². The molecule has 0 bridgehead atoms. The van der Waals surface area contributed by atoms with E-state index >= 15 is 0 Å². The van der Waals surface area contributed by atoms with Crippen molar-refractivity contribution < 1.29 is 9.53 Å². The Kier molecular flexibility index (Phi) is 6.27. The molecule has 0 aliphatic carbocycles. The van der Waals surface area contributed by atoms with Gasteiger partial charge in [0.2, 0.25) is 0 Å². The van der Waals surface area contributed by atoms with Crippen LogP contribution in [0.15, 0.2) is 53.7 Å². The average molecular weight is 437 g/mol. The van der Waals surface area contributed by atoms with Gasteiger partial charge in [0.25, 0.3) is 11.5 Å². The topological polar surface area (TPSA) is 85.6 Å². The smallest absolute Gasteiger partial charge is 0.266 e. The van der Waals surface area contributed by atoms with E-state index in [1.165, 1.54) is 15.7 Å². The van der Waals surface area contributed by atoms with E-state index in [-0.39, 0.29) is 11.5 Å². The maximum atomic E-state index is 12.9. The second-order valence-corrected chi connectivity index (χ2v) is 8.61. The third-order valence-corrected chi connectivity index (χ3v) is 5.97. The molecule has 8 heteroatoms. The fraction of sp³-hybridized carbons (Fsp3) is 0.304. The Morgan fingerprint density at radius 2 is 2.13 bits per heavy atom. The Bertz CT molecular complexity index is 1260. The number of fused-ring (bicyclic) bond motifs is 2. The van der Waals surface area contributed by atoms with Gasteiger partial charge in [0.05, 0.1) is 23.7 Å². The van der Waals surface area contributed by atoms with Gasteiger partial charge in [0.15, 0.2) is 4.96 Å². The number of carbonyl (C=O) groups is 1. The minimum Gasteiger partial charge on any atom is -0.492 e. The zero-order chi connectivity index (χ0) is 21.8.